The van der Waals surface area contributed by atoms with E-state index in [1.807, 2.05) is 32.0 Å². The Labute approximate surface area is 463 Å². The second-order valence-corrected chi connectivity index (χ2v) is 112. The van der Waals surface area contributed by atoms with Gasteiger partial charge in [-0.2, -0.15) is 0 Å². The van der Waals surface area contributed by atoms with Gasteiger partial charge in [-0.15, -0.1) is 0 Å². The molecule has 0 bridgehead atoms. The second kappa shape index (κ2) is 20.1. The molecule has 0 aliphatic rings. The van der Waals surface area contributed by atoms with E-state index in [-0.39, 0.29) is 0 Å². The van der Waals surface area contributed by atoms with E-state index in [1.165, 1.54) is 0 Å². The summed E-state index contributed by atoms with van der Waals surface area (Å²) in [5, 5.41) is 0. The summed E-state index contributed by atoms with van der Waals surface area (Å²) in [6, 6.07) is 16.4. The fourth-order valence-corrected chi connectivity index (χ4v) is 148. The Bertz CT molecular complexity index is 1650. The van der Waals surface area contributed by atoms with Crippen molar-refractivity contribution in [1.29, 1.82) is 0 Å². The predicted molar refractivity (Wildman–Crippen MR) is 364 cm³/mol. The third-order valence-corrected chi connectivity index (χ3v) is 107. The zero-order valence-electron chi connectivity index (χ0n) is 52.4. The molecule has 15 heteroatoms. The zero-order chi connectivity index (χ0) is 54.7. The van der Waals surface area contributed by atoms with E-state index in [2.05, 4.69) is 296 Å². The summed E-state index contributed by atoms with van der Waals surface area (Å²) in [4.78, 5) is 3.62. The summed E-state index contributed by atoms with van der Waals surface area (Å²) in [7, 11) is -22.1. The fourth-order valence-electron chi connectivity index (χ4n) is 21.1. The number of hydrogen-bond acceptors (Lipinski definition) is 2. The molecule has 0 spiro atoms. The number of benzene rings is 2. The standard InChI is InChI=1S/C53H115S2Si12.Bi.2H/c1-56(2,3)50(57(4,5)6,58(7,8)9)44-39-37-40-45(51(59(10,11)12,60(13,14)15)61(16,17)18)48(44)54-43-55-49-46(52(62(19,20)21,63(22,23)24)64(25,26)27)41-38-42-47(49)53(65(28,29)30,66(31,32)33)67(34,35)36;;;/h37-43H,1-36H3;;;. The van der Waals surface area contributed by atoms with Crippen LogP contribution in [0.2, 0.25) is 236 Å². The van der Waals surface area contributed by atoms with Gasteiger partial charge in [-0.3, -0.25) is 0 Å². The van der Waals surface area contributed by atoms with Crippen LogP contribution in [0, 0.1) is 0 Å². The summed E-state index contributed by atoms with van der Waals surface area (Å²) in [5.74, 6) is 0. The van der Waals surface area contributed by atoms with Crippen LogP contribution in [-0.4, -0.2) is 124 Å². The molecule has 0 N–H and O–H groups in total. The predicted octanol–water partition coefficient (Wildman–Crippen LogP) is 19.0. The third-order valence-electron chi connectivity index (χ3n) is 17.6. The molecular formula is C53H117BiS2Si12. The summed E-state index contributed by atoms with van der Waals surface area (Å²) < 4.78 is 1.74. The number of rotatable bonds is 20. The third kappa shape index (κ3) is 10.8. The summed E-state index contributed by atoms with van der Waals surface area (Å²) >= 11 is 5.74. The summed E-state index contributed by atoms with van der Waals surface area (Å²) in [6.45, 7) is 101. The van der Waals surface area contributed by atoms with E-state index < -0.39 is 96.9 Å². The monoisotopic (exact) mass is 1360 g/mol. The Morgan fingerprint density at radius 2 is 0.382 bits per heavy atom. The maximum atomic E-state index is 2.80. The van der Waals surface area contributed by atoms with Gasteiger partial charge in [-0.1, -0.05) is 0 Å². The Kier molecular flexibility index (Phi) is 19.8. The van der Waals surface area contributed by atoms with E-state index in [0.717, 1.165) is 24.7 Å². The van der Waals surface area contributed by atoms with Gasteiger partial charge in [0.2, 0.25) is 0 Å². The minimum absolute atomic E-state index is 0.304. The van der Waals surface area contributed by atoms with Crippen molar-refractivity contribution in [3.05, 3.63) is 58.7 Å². The van der Waals surface area contributed by atoms with Gasteiger partial charge in [-0.05, 0) is 0 Å². The van der Waals surface area contributed by atoms with Crippen molar-refractivity contribution in [3.63, 3.8) is 0 Å². The van der Waals surface area contributed by atoms with Crippen molar-refractivity contribution < 1.29 is 0 Å². The molecule has 0 aliphatic heterocycles. The molecule has 0 atom stereocenters. The second-order valence-electron chi connectivity index (χ2n) is 34.0. The zero-order valence-corrected chi connectivity index (χ0v) is 70.6. The Morgan fingerprint density at radius 3 is 0.485 bits per heavy atom. The number of hydrogen-bond donors (Lipinski definition) is 0. The molecule has 0 aliphatic carbocycles. The molecule has 394 valence electrons. The first kappa shape index (κ1) is 66.7. The topological polar surface area (TPSA) is 0 Å². The molecule has 0 nitrogen and oxygen atoms in total. The van der Waals surface area contributed by atoms with Crippen LogP contribution in [0.5, 0.6) is 0 Å². The first-order valence-electron chi connectivity index (χ1n) is 26.7. The SMILES string of the molecule is C[Si](C)(C)C(c1cccc(C([Si](C)(C)C)([Si](C)(C)C)[Si](C)(C)C)c1S[CH]([BiH2])Sc1c(C([Si](C)(C)C)([Si](C)(C)C)[Si](C)(C)C)cccc1C([Si](C)(C)C)([Si](C)(C)C)[Si](C)(C)C)([Si](C)(C)C)[Si](C)(C)C. The van der Waals surface area contributed by atoms with Crippen LogP contribution >= 0.6 is 23.5 Å². The van der Waals surface area contributed by atoms with Crippen molar-refractivity contribution in [2.75, 3.05) is 0 Å². The van der Waals surface area contributed by atoms with Crippen molar-refractivity contribution in [2.45, 2.75) is 265 Å². The molecule has 2 aromatic carbocycles. The first-order valence-corrected chi connectivity index (χ1v) is 73.1. The number of thioether (sulfide) groups is 2. The molecule has 0 unspecified atom stereocenters. The van der Waals surface area contributed by atoms with Crippen LogP contribution in [0.15, 0.2) is 46.2 Å². The molecule has 0 aromatic heterocycles. The quantitative estimate of drug-likeness (QED) is 0.0736. The minimum atomic E-state index is -1.84. The van der Waals surface area contributed by atoms with E-state index in [4.69, 9.17) is 0 Å². The summed E-state index contributed by atoms with van der Waals surface area (Å²) in [5.41, 5.74) is 7.38. The Morgan fingerprint density at radius 1 is 0.265 bits per heavy atom. The van der Waals surface area contributed by atoms with Crippen molar-refractivity contribution in [3.8, 4) is 0 Å². The molecule has 0 saturated heterocycles. The van der Waals surface area contributed by atoms with Crippen molar-refractivity contribution in [1.82, 2.24) is 0 Å². The average molecular weight is 1360 g/mol. The van der Waals surface area contributed by atoms with Crippen LogP contribution in [0.4, 0.5) is 0 Å². The van der Waals surface area contributed by atoms with Crippen molar-refractivity contribution >= 4 is 145 Å². The molecule has 2 aromatic rings. The molecule has 0 heterocycles. The molecular weight excluding hydrogens is 1250 g/mol. The molecule has 2 rings (SSSR count). The molecule has 0 amide bonds. The Hall–Kier alpha value is 2.63. The van der Waals surface area contributed by atoms with Gasteiger partial charge in [0.05, 0.1) is 0 Å². The average Bonchev–Trinajstić information content (AvgIpc) is 2.96. The van der Waals surface area contributed by atoms with Crippen LogP contribution < -0.4 is 0 Å². The van der Waals surface area contributed by atoms with Crippen molar-refractivity contribution in [2.24, 2.45) is 0 Å². The van der Waals surface area contributed by atoms with Gasteiger partial charge >= 0.3 is 469 Å². The summed E-state index contributed by atoms with van der Waals surface area (Å²) in [6.07, 6.45) is 0. The van der Waals surface area contributed by atoms with E-state index in [1.54, 1.807) is 0 Å². The van der Waals surface area contributed by atoms with Crippen LogP contribution in [0.3, 0.4) is 0 Å². The molecule has 68 heavy (non-hydrogen) atoms. The van der Waals surface area contributed by atoms with E-state index in [0.29, 0.717) is 19.4 Å². The van der Waals surface area contributed by atoms with Crippen LogP contribution in [0.25, 0.3) is 0 Å². The first-order chi connectivity index (χ1) is 29.3. The molecule has 0 saturated carbocycles. The van der Waals surface area contributed by atoms with Gasteiger partial charge in [-0.25, -0.2) is 0 Å². The van der Waals surface area contributed by atoms with Crippen LogP contribution in [0.1, 0.15) is 22.3 Å². The van der Waals surface area contributed by atoms with Gasteiger partial charge < -0.3 is 0 Å². The molecule has 0 fully saturated rings. The van der Waals surface area contributed by atoms with Gasteiger partial charge in [0.1, 0.15) is 0 Å². The van der Waals surface area contributed by atoms with Crippen LogP contribution in [-0.2, 0) is 17.1 Å². The van der Waals surface area contributed by atoms with E-state index in [9.17, 15) is 0 Å². The molecule has 0 radical (unpaired) electrons. The maximum absolute atomic E-state index is 2.80. The normalized spacial score (nSPS) is 16.0. The van der Waals surface area contributed by atoms with Gasteiger partial charge in [0, 0.05) is 0 Å². The van der Waals surface area contributed by atoms with E-state index >= 15 is 0 Å². The van der Waals surface area contributed by atoms with Gasteiger partial charge in [0.25, 0.3) is 0 Å². The van der Waals surface area contributed by atoms with Gasteiger partial charge in [0.15, 0.2) is 0 Å². The Balaban J connectivity index is 3.77. The fraction of sp³-hybridized carbons (Fsp3) is 0.774.